The average Bonchev–Trinajstić information content (AvgIpc) is 2.58. The molecule has 0 fully saturated rings. The molecule has 0 aromatic heterocycles. The van der Waals surface area contributed by atoms with Crippen molar-refractivity contribution in [1.29, 1.82) is 0 Å². The van der Waals surface area contributed by atoms with E-state index < -0.39 is 23.3 Å². The standard InChI is InChI=1S/C18H32O6/c1-3-5-6-7-8-9-10-15(11-16(21)22)17(23)24-14-18(4-2,12-19)13-20/h9-10,15,19-20H,3-8,11-14H2,1-2H3,(H,21,22). The maximum Gasteiger partial charge on any atom is 0.313 e. The fourth-order valence-electron chi connectivity index (χ4n) is 2.17. The van der Waals surface area contributed by atoms with E-state index in [0.29, 0.717) is 6.42 Å². The molecule has 1 atom stereocenters. The molecule has 0 aromatic rings. The number of aliphatic carboxylic acids is 1. The van der Waals surface area contributed by atoms with Gasteiger partial charge in [0, 0.05) is 0 Å². The normalized spacial score (nSPS) is 13.2. The Kier molecular flexibility index (Phi) is 12.2. The fraction of sp³-hybridized carbons (Fsp3) is 0.778. The smallest absolute Gasteiger partial charge is 0.313 e. The number of ether oxygens (including phenoxy) is 1. The van der Waals surface area contributed by atoms with Gasteiger partial charge in [0.2, 0.25) is 0 Å². The lowest BCUT2D eigenvalue weighted by Crippen LogP contribution is -2.36. The Hall–Kier alpha value is -1.40. The first-order chi connectivity index (χ1) is 11.4. The van der Waals surface area contributed by atoms with Gasteiger partial charge in [0.25, 0.3) is 0 Å². The van der Waals surface area contributed by atoms with Crippen LogP contribution in [0.25, 0.3) is 0 Å². The first-order valence-electron chi connectivity index (χ1n) is 8.71. The maximum absolute atomic E-state index is 12.1. The van der Waals surface area contributed by atoms with E-state index >= 15 is 0 Å². The van der Waals surface area contributed by atoms with Crippen LogP contribution < -0.4 is 0 Å². The Morgan fingerprint density at radius 1 is 1.12 bits per heavy atom. The number of carbonyl (C=O) groups is 2. The Morgan fingerprint density at radius 3 is 2.29 bits per heavy atom. The summed E-state index contributed by atoms with van der Waals surface area (Å²) in [5, 5.41) is 27.7. The Labute approximate surface area is 144 Å². The van der Waals surface area contributed by atoms with Crippen molar-refractivity contribution in [2.24, 2.45) is 11.3 Å². The van der Waals surface area contributed by atoms with E-state index in [4.69, 9.17) is 9.84 Å². The molecule has 0 rings (SSSR count). The number of hydrogen-bond acceptors (Lipinski definition) is 5. The van der Waals surface area contributed by atoms with Crippen LogP contribution >= 0.6 is 0 Å². The summed E-state index contributed by atoms with van der Waals surface area (Å²) in [6, 6.07) is 0. The van der Waals surface area contributed by atoms with Gasteiger partial charge in [-0.3, -0.25) is 9.59 Å². The summed E-state index contributed by atoms with van der Waals surface area (Å²) in [7, 11) is 0. The summed E-state index contributed by atoms with van der Waals surface area (Å²) in [5.41, 5.74) is -0.882. The van der Waals surface area contributed by atoms with Crippen LogP contribution in [0.4, 0.5) is 0 Å². The molecule has 1 unspecified atom stereocenters. The predicted molar refractivity (Wildman–Crippen MR) is 91.5 cm³/mol. The minimum atomic E-state index is -1.07. The topological polar surface area (TPSA) is 104 Å². The zero-order valence-corrected chi connectivity index (χ0v) is 14.9. The van der Waals surface area contributed by atoms with Gasteiger partial charge >= 0.3 is 11.9 Å². The van der Waals surface area contributed by atoms with Crippen molar-refractivity contribution in [2.75, 3.05) is 19.8 Å². The molecule has 140 valence electrons. The van der Waals surface area contributed by atoms with Gasteiger partial charge in [-0.2, -0.15) is 0 Å². The number of carboxylic acid groups (broad SMARTS) is 1. The van der Waals surface area contributed by atoms with Crippen molar-refractivity contribution in [1.82, 2.24) is 0 Å². The van der Waals surface area contributed by atoms with Crippen LogP contribution in [0.1, 0.15) is 58.8 Å². The van der Waals surface area contributed by atoms with Crippen molar-refractivity contribution in [2.45, 2.75) is 58.8 Å². The minimum Gasteiger partial charge on any atom is -0.481 e. The molecule has 0 heterocycles. The average molecular weight is 344 g/mol. The van der Waals surface area contributed by atoms with Crippen LogP contribution in [-0.2, 0) is 14.3 Å². The number of rotatable bonds is 14. The number of hydrogen-bond donors (Lipinski definition) is 3. The molecule has 0 aliphatic carbocycles. The summed E-state index contributed by atoms with van der Waals surface area (Å²) in [4.78, 5) is 23.1. The minimum absolute atomic E-state index is 0.129. The van der Waals surface area contributed by atoms with Crippen molar-refractivity contribution < 1.29 is 29.6 Å². The third kappa shape index (κ3) is 9.03. The van der Waals surface area contributed by atoms with Crippen LogP contribution in [0.3, 0.4) is 0 Å². The fourth-order valence-corrected chi connectivity index (χ4v) is 2.17. The number of unbranched alkanes of at least 4 members (excludes halogenated alkanes) is 4. The molecule has 0 radical (unpaired) electrons. The molecule has 0 saturated carbocycles. The van der Waals surface area contributed by atoms with Crippen LogP contribution in [0.2, 0.25) is 0 Å². The molecule has 0 aromatic carbocycles. The summed E-state index contributed by atoms with van der Waals surface area (Å²) < 4.78 is 5.17. The largest absolute Gasteiger partial charge is 0.481 e. The summed E-state index contributed by atoms with van der Waals surface area (Å²) >= 11 is 0. The molecule has 0 amide bonds. The number of carboxylic acids is 1. The summed E-state index contributed by atoms with van der Waals surface area (Å²) in [6.45, 7) is 3.18. The van der Waals surface area contributed by atoms with Crippen LogP contribution in [0.5, 0.6) is 0 Å². The van der Waals surface area contributed by atoms with Crippen molar-refractivity contribution in [3.63, 3.8) is 0 Å². The van der Waals surface area contributed by atoms with E-state index in [-0.39, 0.29) is 26.2 Å². The molecule has 0 aliphatic heterocycles. The van der Waals surface area contributed by atoms with Crippen molar-refractivity contribution in [3.05, 3.63) is 12.2 Å². The highest BCUT2D eigenvalue weighted by Crippen LogP contribution is 2.22. The Bertz CT molecular complexity index is 379. The van der Waals surface area contributed by atoms with Gasteiger partial charge in [-0.25, -0.2) is 0 Å². The first kappa shape index (κ1) is 22.6. The van der Waals surface area contributed by atoms with Gasteiger partial charge in [0.1, 0.15) is 6.61 Å². The predicted octanol–water partition coefficient (Wildman–Crippen LogP) is 2.53. The highest BCUT2D eigenvalue weighted by molar-refractivity contribution is 5.80. The van der Waals surface area contributed by atoms with Crippen molar-refractivity contribution in [3.8, 4) is 0 Å². The second-order valence-corrected chi connectivity index (χ2v) is 6.26. The van der Waals surface area contributed by atoms with E-state index in [1.807, 2.05) is 6.08 Å². The Morgan fingerprint density at radius 2 is 1.79 bits per heavy atom. The van der Waals surface area contributed by atoms with E-state index in [1.165, 1.54) is 0 Å². The number of aliphatic hydroxyl groups is 2. The highest BCUT2D eigenvalue weighted by Gasteiger charge is 2.30. The van der Waals surface area contributed by atoms with Crippen molar-refractivity contribution >= 4 is 11.9 Å². The third-order valence-electron chi connectivity index (χ3n) is 4.23. The zero-order chi connectivity index (χ0) is 18.4. The number of allylic oxidation sites excluding steroid dienone is 1. The monoisotopic (exact) mass is 344 g/mol. The summed E-state index contributed by atoms with van der Waals surface area (Å²) in [5.74, 6) is -2.55. The molecule has 3 N–H and O–H groups in total. The molecule has 0 bridgehead atoms. The van der Waals surface area contributed by atoms with Crippen LogP contribution in [-0.4, -0.2) is 47.1 Å². The molecule has 24 heavy (non-hydrogen) atoms. The number of carbonyl (C=O) groups excluding carboxylic acids is 1. The van der Waals surface area contributed by atoms with Gasteiger partial charge in [-0.15, -0.1) is 0 Å². The summed E-state index contributed by atoms with van der Waals surface area (Å²) in [6.07, 6.45) is 8.77. The van der Waals surface area contributed by atoms with Gasteiger partial charge in [0.15, 0.2) is 0 Å². The molecule has 6 heteroatoms. The van der Waals surface area contributed by atoms with E-state index in [9.17, 15) is 19.8 Å². The van der Waals surface area contributed by atoms with E-state index in [0.717, 1.165) is 32.1 Å². The van der Waals surface area contributed by atoms with Gasteiger partial charge in [-0.05, 0) is 19.3 Å². The molecular formula is C18H32O6. The quantitative estimate of drug-likeness (QED) is 0.254. The zero-order valence-electron chi connectivity index (χ0n) is 14.9. The van der Waals surface area contributed by atoms with E-state index in [1.54, 1.807) is 13.0 Å². The van der Waals surface area contributed by atoms with Gasteiger partial charge in [0.05, 0.1) is 31.0 Å². The van der Waals surface area contributed by atoms with Crippen LogP contribution in [0.15, 0.2) is 12.2 Å². The molecule has 0 spiro atoms. The lowest BCUT2D eigenvalue weighted by Gasteiger charge is -2.28. The number of aliphatic hydroxyl groups excluding tert-OH is 2. The second kappa shape index (κ2) is 13.0. The maximum atomic E-state index is 12.1. The van der Waals surface area contributed by atoms with E-state index in [2.05, 4.69) is 6.92 Å². The third-order valence-corrected chi connectivity index (χ3v) is 4.23. The van der Waals surface area contributed by atoms with Gasteiger partial charge in [-0.1, -0.05) is 45.3 Å². The Balaban J connectivity index is 4.59. The molecule has 0 saturated heterocycles. The lowest BCUT2D eigenvalue weighted by atomic mass is 9.88. The SMILES string of the molecule is CCCCCCC=CC(CC(=O)O)C(=O)OCC(CC)(CO)CO. The molecule has 0 aliphatic rings. The second-order valence-electron chi connectivity index (χ2n) is 6.26. The highest BCUT2D eigenvalue weighted by atomic mass is 16.5. The van der Waals surface area contributed by atoms with Crippen LogP contribution in [0, 0.1) is 11.3 Å². The first-order valence-corrected chi connectivity index (χ1v) is 8.71. The number of esters is 1. The molecular weight excluding hydrogens is 312 g/mol. The van der Waals surface area contributed by atoms with Gasteiger partial charge < -0.3 is 20.1 Å². The molecule has 6 nitrogen and oxygen atoms in total. The lowest BCUT2D eigenvalue weighted by molar-refractivity contribution is -0.156.